The van der Waals surface area contributed by atoms with Crippen molar-refractivity contribution in [2.24, 2.45) is 0 Å². The molecule has 3 nitrogen and oxygen atoms in total. The van der Waals surface area contributed by atoms with Gasteiger partial charge in [0.25, 0.3) is 0 Å². The molecule has 0 atom stereocenters. The average molecular weight is 196 g/mol. The average Bonchev–Trinajstić information content (AvgIpc) is 2.30. The lowest BCUT2D eigenvalue weighted by Crippen LogP contribution is -2.41. The topological polar surface area (TPSA) is 38.1 Å². The fourth-order valence-corrected chi connectivity index (χ4v) is 1.79. The van der Waals surface area contributed by atoms with Gasteiger partial charge in [-0.05, 0) is 27.7 Å². The number of nitrogens with one attached hydrogen (secondary N) is 1. The highest BCUT2D eigenvalue weighted by molar-refractivity contribution is 5.25. The molecule has 0 aliphatic rings. The molecule has 1 rings (SSSR count). The van der Waals surface area contributed by atoms with Crippen LogP contribution in [-0.2, 0) is 5.54 Å². The molecule has 3 heteroatoms. The number of rotatable bonds is 3. The summed E-state index contributed by atoms with van der Waals surface area (Å²) < 4.78 is 5.17. The summed E-state index contributed by atoms with van der Waals surface area (Å²) in [5.41, 5.74) is 2.02. The van der Waals surface area contributed by atoms with Gasteiger partial charge >= 0.3 is 0 Å². The number of hydrogen-bond acceptors (Lipinski definition) is 3. The molecule has 14 heavy (non-hydrogen) atoms. The molecule has 0 bridgehead atoms. The zero-order chi connectivity index (χ0) is 10.9. The van der Waals surface area contributed by atoms with Crippen molar-refractivity contribution in [3.05, 3.63) is 17.0 Å². The number of nitrogens with zero attached hydrogens (tertiary/aromatic N) is 1. The van der Waals surface area contributed by atoms with E-state index in [0.717, 1.165) is 17.0 Å². The van der Waals surface area contributed by atoms with E-state index < -0.39 is 0 Å². The lowest BCUT2D eigenvalue weighted by molar-refractivity contribution is 0.321. The minimum absolute atomic E-state index is 0.129. The van der Waals surface area contributed by atoms with Crippen LogP contribution in [0.2, 0.25) is 0 Å². The van der Waals surface area contributed by atoms with Crippen LogP contribution in [0.15, 0.2) is 4.52 Å². The third-order valence-corrected chi connectivity index (χ3v) is 2.40. The van der Waals surface area contributed by atoms with E-state index in [9.17, 15) is 0 Å². The molecule has 1 N–H and O–H groups in total. The molecule has 1 heterocycles. The molecule has 0 aliphatic carbocycles. The van der Waals surface area contributed by atoms with Crippen LogP contribution in [0.25, 0.3) is 0 Å². The normalized spacial score (nSPS) is 12.5. The molecule has 0 spiro atoms. The van der Waals surface area contributed by atoms with E-state index in [4.69, 9.17) is 4.52 Å². The van der Waals surface area contributed by atoms with Crippen molar-refractivity contribution in [2.45, 2.75) is 53.1 Å². The lowest BCUT2D eigenvalue weighted by atomic mass is 9.96. The van der Waals surface area contributed by atoms with Gasteiger partial charge in [-0.1, -0.05) is 19.0 Å². The molecule has 0 saturated heterocycles. The first-order valence-electron chi connectivity index (χ1n) is 5.05. The summed E-state index contributed by atoms with van der Waals surface area (Å²) >= 11 is 0. The highest BCUT2D eigenvalue weighted by atomic mass is 16.5. The van der Waals surface area contributed by atoms with E-state index in [1.807, 2.05) is 13.8 Å². The monoisotopic (exact) mass is 196 g/mol. The van der Waals surface area contributed by atoms with Crippen molar-refractivity contribution >= 4 is 0 Å². The summed E-state index contributed by atoms with van der Waals surface area (Å²) in [6, 6.07) is 0.432. The lowest BCUT2D eigenvalue weighted by Gasteiger charge is -2.27. The number of aromatic nitrogens is 1. The Morgan fingerprint density at radius 2 is 1.86 bits per heavy atom. The fraction of sp³-hybridized carbons (Fsp3) is 0.727. The highest BCUT2D eigenvalue weighted by Gasteiger charge is 2.27. The second-order valence-electron chi connectivity index (χ2n) is 4.64. The standard InChI is InChI=1S/C11H20N2O/c1-7(2)12-11(5,6)10-8(3)9(4)14-13-10/h7,12H,1-6H3. The van der Waals surface area contributed by atoms with Gasteiger partial charge in [0.15, 0.2) is 0 Å². The van der Waals surface area contributed by atoms with Crippen molar-refractivity contribution in [1.82, 2.24) is 10.5 Å². The van der Waals surface area contributed by atoms with Gasteiger partial charge in [0, 0.05) is 11.6 Å². The Balaban J connectivity index is 2.97. The second kappa shape index (κ2) is 3.73. The third-order valence-electron chi connectivity index (χ3n) is 2.40. The van der Waals surface area contributed by atoms with Crippen molar-refractivity contribution in [3.63, 3.8) is 0 Å². The first-order chi connectivity index (χ1) is 6.34. The van der Waals surface area contributed by atoms with Gasteiger partial charge in [0.1, 0.15) is 11.5 Å². The van der Waals surface area contributed by atoms with Crippen LogP contribution < -0.4 is 5.32 Å². The smallest absolute Gasteiger partial charge is 0.136 e. The summed E-state index contributed by atoms with van der Waals surface area (Å²) in [5, 5.41) is 7.57. The zero-order valence-corrected chi connectivity index (χ0v) is 9.93. The van der Waals surface area contributed by atoms with E-state index >= 15 is 0 Å². The summed E-state index contributed by atoms with van der Waals surface area (Å²) in [7, 11) is 0. The van der Waals surface area contributed by atoms with E-state index in [1.165, 1.54) is 0 Å². The maximum Gasteiger partial charge on any atom is 0.136 e. The van der Waals surface area contributed by atoms with Gasteiger partial charge < -0.3 is 9.84 Å². The Bertz CT molecular complexity index is 313. The summed E-state index contributed by atoms with van der Waals surface area (Å²) in [6.07, 6.45) is 0. The summed E-state index contributed by atoms with van der Waals surface area (Å²) in [5.74, 6) is 0.902. The Hall–Kier alpha value is -0.830. The van der Waals surface area contributed by atoms with E-state index in [0.29, 0.717) is 6.04 Å². The van der Waals surface area contributed by atoms with Crippen LogP contribution in [0, 0.1) is 13.8 Å². The van der Waals surface area contributed by atoms with Gasteiger partial charge in [-0.15, -0.1) is 0 Å². The molecular formula is C11H20N2O. The predicted molar refractivity (Wildman–Crippen MR) is 57.3 cm³/mol. The largest absolute Gasteiger partial charge is 0.361 e. The van der Waals surface area contributed by atoms with Gasteiger partial charge in [-0.25, -0.2) is 0 Å². The summed E-state index contributed by atoms with van der Waals surface area (Å²) in [6.45, 7) is 12.5. The minimum atomic E-state index is -0.129. The predicted octanol–water partition coefficient (Wildman–Crippen LogP) is 2.52. The molecular weight excluding hydrogens is 176 g/mol. The van der Waals surface area contributed by atoms with Crippen LogP contribution in [0.4, 0.5) is 0 Å². The van der Waals surface area contributed by atoms with Gasteiger partial charge in [-0.3, -0.25) is 0 Å². The Morgan fingerprint density at radius 3 is 2.21 bits per heavy atom. The highest BCUT2D eigenvalue weighted by Crippen LogP contribution is 2.24. The molecule has 0 fully saturated rings. The number of aryl methyl sites for hydroxylation is 1. The second-order valence-corrected chi connectivity index (χ2v) is 4.64. The van der Waals surface area contributed by atoms with Gasteiger partial charge in [-0.2, -0.15) is 0 Å². The Kier molecular flexibility index (Phi) is 3.00. The first kappa shape index (κ1) is 11.2. The van der Waals surface area contributed by atoms with Crippen molar-refractivity contribution < 1.29 is 4.52 Å². The van der Waals surface area contributed by atoms with Gasteiger partial charge in [0.05, 0.1) is 5.54 Å². The van der Waals surface area contributed by atoms with Crippen LogP contribution >= 0.6 is 0 Å². The molecule has 0 unspecified atom stereocenters. The van der Waals surface area contributed by atoms with Crippen molar-refractivity contribution in [1.29, 1.82) is 0 Å². The molecule has 80 valence electrons. The molecule has 0 radical (unpaired) electrons. The molecule has 1 aromatic heterocycles. The van der Waals surface area contributed by atoms with Crippen LogP contribution in [0.1, 0.15) is 44.7 Å². The maximum absolute atomic E-state index is 5.17. The number of hydrogen-bond donors (Lipinski definition) is 1. The molecule has 0 aromatic carbocycles. The van der Waals surface area contributed by atoms with Crippen molar-refractivity contribution in [2.75, 3.05) is 0 Å². The van der Waals surface area contributed by atoms with Crippen LogP contribution in [0.3, 0.4) is 0 Å². The zero-order valence-electron chi connectivity index (χ0n) is 9.93. The molecule has 0 amide bonds. The SMILES string of the molecule is Cc1onc(C(C)(C)NC(C)C)c1C. The van der Waals surface area contributed by atoms with Crippen molar-refractivity contribution in [3.8, 4) is 0 Å². The molecule has 0 aliphatic heterocycles. The van der Waals surface area contributed by atoms with Gasteiger partial charge in [0.2, 0.25) is 0 Å². The van der Waals surface area contributed by atoms with E-state index in [1.54, 1.807) is 0 Å². The quantitative estimate of drug-likeness (QED) is 0.807. The Labute approximate surface area is 85.9 Å². The Morgan fingerprint density at radius 1 is 1.29 bits per heavy atom. The molecule has 0 saturated carbocycles. The first-order valence-corrected chi connectivity index (χ1v) is 5.05. The maximum atomic E-state index is 5.17. The minimum Gasteiger partial charge on any atom is -0.361 e. The van der Waals surface area contributed by atoms with E-state index in [-0.39, 0.29) is 5.54 Å². The summed E-state index contributed by atoms with van der Waals surface area (Å²) in [4.78, 5) is 0. The van der Waals surface area contributed by atoms with Crippen LogP contribution in [-0.4, -0.2) is 11.2 Å². The van der Waals surface area contributed by atoms with E-state index in [2.05, 4.69) is 38.2 Å². The fourth-order valence-electron chi connectivity index (χ4n) is 1.79. The third kappa shape index (κ3) is 2.15. The molecule has 1 aromatic rings. The van der Waals surface area contributed by atoms with Crippen LogP contribution in [0.5, 0.6) is 0 Å².